The number of fused-ring (bicyclic) bond motifs is 3. The van der Waals surface area contributed by atoms with Crippen LogP contribution in [0.25, 0.3) is 44.5 Å². The minimum atomic E-state index is -1.65. The molecule has 5 heteroatoms. The molecule has 3 nitrogen and oxygen atoms in total. The van der Waals surface area contributed by atoms with Gasteiger partial charge in [-0.2, -0.15) is 0 Å². The second-order valence-corrected chi connectivity index (χ2v) is 14.3. The number of nitrogens with zero attached hydrogens (tertiary/aromatic N) is 2. The van der Waals surface area contributed by atoms with Gasteiger partial charge in [-0.05, 0) is 23.5 Å². The zero-order chi connectivity index (χ0) is 24.3. The van der Waals surface area contributed by atoms with E-state index in [4.69, 9.17) is 9.40 Å². The van der Waals surface area contributed by atoms with Gasteiger partial charge in [0.05, 0.1) is 14.3 Å². The number of furan rings is 1. The molecule has 0 unspecified atom stereocenters. The number of para-hydroxylation sites is 1. The van der Waals surface area contributed by atoms with E-state index in [1.165, 1.54) is 16.0 Å². The fourth-order valence-electron chi connectivity index (χ4n) is 4.27. The predicted molar refractivity (Wildman–Crippen MR) is 147 cm³/mol. The minimum absolute atomic E-state index is 0. The molecule has 0 spiro atoms. The SMILES string of the molecule is C[Si](C)(C)c1c(-c2[c-]cccc2)ncc2oc3ccccc3c12.[Ir].[c-]1ccccc1-c1ccccn1. The summed E-state index contributed by atoms with van der Waals surface area (Å²) in [5.41, 5.74) is 5.92. The Labute approximate surface area is 226 Å². The van der Waals surface area contributed by atoms with E-state index in [1.54, 1.807) is 6.20 Å². The van der Waals surface area contributed by atoms with Crippen LogP contribution >= 0.6 is 0 Å². The number of hydrogen-bond donors (Lipinski definition) is 0. The van der Waals surface area contributed by atoms with E-state index < -0.39 is 8.07 Å². The summed E-state index contributed by atoms with van der Waals surface area (Å²) in [7, 11) is -1.65. The van der Waals surface area contributed by atoms with Crippen LogP contribution in [-0.2, 0) is 20.1 Å². The van der Waals surface area contributed by atoms with Crippen LogP contribution in [0, 0.1) is 12.1 Å². The summed E-state index contributed by atoms with van der Waals surface area (Å²) in [6, 6.07) is 36.5. The van der Waals surface area contributed by atoms with E-state index >= 15 is 0 Å². The first kappa shape index (κ1) is 25.7. The van der Waals surface area contributed by atoms with E-state index in [2.05, 4.69) is 55.0 Å². The van der Waals surface area contributed by atoms with Crippen molar-refractivity contribution < 1.29 is 24.5 Å². The van der Waals surface area contributed by atoms with E-state index in [0.29, 0.717) is 0 Å². The molecular formula is C31H26IrN2OSi-2. The second kappa shape index (κ2) is 11.1. The molecule has 0 bridgehead atoms. The molecule has 6 aromatic rings. The summed E-state index contributed by atoms with van der Waals surface area (Å²) in [6.07, 6.45) is 3.64. The van der Waals surface area contributed by atoms with Crippen molar-refractivity contribution >= 4 is 35.2 Å². The molecule has 0 fully saturated rings. The summed E-state index contributed by atoms with van der Waals surface area (Å²) in [6.45, 7) is 7.08. The van der Waals surface area contributed by atoms with E-state index in [0.717, 1.165) is 33.7 Å². The molecule has 3 aromatic carbocycles. The average Bonchev–Trinajstić information content (AvgIpc) is 3.28. The maximum atomic E-state index is 6.03. The third kappa shape index (κ3) is 5.39. The summed E-state index contributed by atoms with van der Waals surface area (Å²) >= 11 is 0. The second-order valence-electron chi connectivity index (χ2n) is 9.34. The zero-order valence-electron chi connectivity index (χ0n) is 20.5. The quantitative estimate of drug-likeness (QED) is 0.145. The van der Waals surface area contributed by atoms with Crippen molar-refractivity contribution in [2.45, 2.75) is 19.6 Å². The van der Waals surface area contributed by atoms with Crippen LogP contribution in [0.3, 0.4) is 0 Å². The van der Waals surface area contributed by atoms with Gasteiger partial charge in [0.1, 0.15) is 5.58 Å². The van der Waals surface area contributed by atoms with Gasteiger partial charge in [-0.25, -0.2) is 0 Å². The van der Waals surface area contributed by atoms with Crippen molar-refractivity contribution in [3.05, 3.63) is 116 Å². The molecule has 3 aromatic heterocycles. The Morgan fingerprint density at radius 1 is 0.694 bits per heavy atom. The first-order chi connectivity index (χ1) is 17.0. The molecule has 0 amide bonds. The summed E-state index contributed by atoms with van der Waals surface area (Å²) in [5, 5.41) is 3.75. The van der Waals surface area contributed by atoms with Crippen molar-refractivity contribution in [3.8, 4) is 22.5 Å². The molecule has 36 heavy (non-hydrogen) atoms. The molecule has 0 saturated heterocycles. The van der Waals surface area contributed by atoms with Crippen LogP contribution in [0.4, 0.5) is 0 Å². The van der Waals surface area contributed by atoms with Crippen LogP contribution in [0.15, 0.2) is 108 Å². The zero-order valence-corrected chi connectivity index (χ0v) is 23.8. The largest absolute Gasteiger partial charge is 0.455 e. The number of aromatic nitrogens is 2. The average molecular weight is 663 g/mol. The molecule has 0 aliphatic rings. The molecule has 0 aliphatic carbocycles. The van der Waals surface area contributed by atoms with Gasteiger partial charge in [-0.1, -0.05) is 55.2 Å². The Morgan fingerprint density at radius 2 is 1.36 bits per heavy atom. The van der Waals surface area contributed by atoms with Crippen molar-refractivity contribution in [2.75, 3.05) is 0 Å². The van der Waals surface area contributed by atoms with Gasteiger partial charge in [-0.3, -0.25) is 0 Å². The van der Waals surface area contributed by atoms with E-state index in [1.807, 2.05) is 79.0 Å². The Bertz CT molecular complexity index is 1520. The molecule has 0 atom stereocenters. The maximum absolute atomic E-state index is 6.03. The Hall–Kier alpha value is -3.37. The Kier molecular flexibility index (Phi) is 7.95. The Balaban J connectivity index is 0.000000198. The minimum Gasteiger partial charge on any atom is -0.455 e. The molecule has 6 rings (SSSR count). The van der Waals surface area contributed by atoms with Gasteiger partial charge in [0.25, 0.3) is 0 Å². The first-order valence-corrected chi connectivity index (χ1v) is 15.2. The van der Waals surface area contributed by atoms with Crippen LogP contribution < -0.4 is 5.19 Å². The summed E-state index contributed by atoms with van der Waals surface area (Å²) < 4.78 is 6.03. The number of pyridine rings is 2. The molecule has 1 radical (unpaired) electrons. The topological polar surface area (TPSA) is 38.9 Å². The molecule has 0 N–H and O–H groups in total. The van der Waals surface area contributed by atoms with Crippen molar-refractivity contribution in [2.24, 2.45) is 0 Å². The Morgan fingerprint density at radius 3 is 2.00 bits per heavy atom. The summed E-state index contributed by atoms with van der Waals surface area (Å²) in [4.78, 5) is 8.97. The predicted octanol–water partition coefficient (Wildman–Crippen LogP) is 7.54. The van der Waals surface area contributed by atoms with Gasteiger partial charge in [0.15, 0.2) is 5.58 Å². The maximum Gasteiger partial charge on any atom is 0.151 e. The monoisotopic (exact) mass is 663 g/mol. The first-order valence-electron chi connectivity index (χ1n) is 11.7. The normalized spacial score (nSPS) is 11.0. The summed E-state index contributed by atoms with van der Waals surface area (Å²) in [5.74, 6) is 0. The van der Waals surface area contributed by atoms with Gasteiger partial charge < -0.3 is 14.4 Å². The molecular weight excluding hydrogens is 637 g/mol. The van der Waals surface area contributed by atoms with Gasteiger partial charge in [-0.15, -0.1) is 71.8 Å². The standard InChI is InChI=1S/C20H18NOSi.C11H8N.Ir/c1-23(2,3)20-18-15-11-7-8-12-16(15)22-17(18)13-21-19(20)14-9-5-4-6-10-14;1-2-6-10(7-3-1)11-8-4-5-9-12-11;/h4-9,11-13H,1-3H3;1-6,8-9H;/q2*-1;. The smallest absolute Gasteiger partial charge is 0.151 e. The van der Waals surface area contributed by atoms with E-state index in [-0.39, 0.29) is 20.1 Å². The number of benzene rings is 3. The van der Waals surface area contributed by atoms with Crippen molar-refractivity contribution in [1.29, 1.82) is 0 Å². The van der Waals surface area contributed by atoms with Crippen LogP contribution in [-0.4, -0.2) is 18.0 Å². The van der Waals surface area contributed by atoms with Crippen LogP contribution in [0.1, 0.15) is 0 Å². The number of rotatable bonds is 3. The fourth-order valence-corrected chi connectivity index (χ4v) is 6.19. The molecule has 181 valence electrons. The van der Waals surface area contributed by atoms with Gasteiger partial charge >= 0.3 is 0 Å². The fraction of sp³-hybridized carbons (Fsp3) is 0.0968. The van der Waals surface area contributed by atoms with Gasteiger partial charge in [0.2, 0.25) is 0 Å². The van der Waals surface area contributed by atoms with Crippen LogP contribution in [0.5, 0.6) is 0 Å². The van der Waals surface area contributed by atoms with Crippen LogP contribution in [0.2, 0.25) is 19.6 Å². The third-order valence-corrected chi connectivity index (χ3v) is 7.77. The molecule has 0 aliphatic heterocycles. The third-order valence-electron chi connectivity index (χ3n) is 5.78. The van der Waals surface area contributed by atoms with Crippen molar-refractivity contribution in [1.82, 2.24) is 9.97 Å². The molecule has 0 saturated carbocycles. The van der Waals surface area contributed by atoms with E-state index in [9.17, 15) is 0 Å². The number of hydrogen-bond acceptors (Lipinski definition) is 3. The van der Waals surface area contributed by atoms with Crippen molar-refractivity contribution in [3.63, 3.8) is 0 Å². The van der Waals surface area contributed by atoms with Gasteiger partial charge in [0, 0.05) is 37.1 Å². The molecule has 3 heterocycles.